The van der Waals surface area contributed by atoms with E-state index in [4.69, 9.17) is 0 Å². The summed E-state index contributed by atoms with van der Waals surface area (Å²) in [5, 5.41) is 14.2. The van der Waals surface area contributed by atoms with Crippen LogP contribution in [0.1, 0.15) is 41.3 Å². The molecule has 1 saturated heterocycles. The molecule has 2 aliphatic rings. The van der Waals surface area contributed by atoms with Crippen molar-refractivity contribution in [2.24, 2.45) is 5.92 Å². The van der Waals surface area contributed by atoms with Crippen LogP contribution in [0.3, 0.4) is 0 Å². The first kappa shape index (κ1) is 14.8. The van der Waals surface area contributed by atoms with Crippen molar-refractivity contribution in [3.8, 4) is 0 Å². The zero-order valence-electron chi connectivity index (χ0n) is 13.0. The van der Waals surface area contributed by atoms with Crippen LogP contribution in [0.2, 0.25) is 0 Å². The third-order valence-electron chi connectivity index (χ3n) is 4.89. The highest BCUT2D eigenvalue weighted by atomic mass is 32.1. The maximum Gasteiger partial charge on any atom is 0.229 e. The fraction of sp³-hybridized carbons (Fsp3) is 0.562. The lowest BCUT2D eigenvalue weighted by Crippen LogP contribution is -2.28. The van der Waals surface area contributed by atoms with Crippen LogP contribution in [0, 0.1) is 5.92 Å². The number of aromatic nitrogens is 3. The van der Waals surface area contributed by atoms with Crippen molar-refractivity contribution in [2.45, 2.75) is 38.0 Å². The summed E-state index contributed by atoms with van der Waals surface area (Å²) in [6, 6.07) is 0. The van der Waals surface area contributed by atoms with Gasteiger partial charge in [-0.1, -0.05) is 0 Å². The van der Waals surface area contributed by atoms with Crippen molar-refractivity contribution in [1.82, 2.24) is 20.5 Å². The first-order chi connectivity index (χ1) is 11.3. The lowest BCUT2D eigenvalue weighted by atomic mass is 9.87. The highest BCUT2D eigenvalue weighted by Crippen LogP contribution is 2.32. The van der Waals surface area contributed by atoms with Gasteiger partial charge in [0.05, 0.1) is 6.20 Å². The molecule has 1 amide bonds. The average Bonchev–Trinajstić information content (AvgIpc) is 3.24. The number of hydrogen-bond donors (Lipinski definition) is 3. The summed E-state index contributed by atoms with van der Waals surface area (Å²) < 4.78 is 0. The molecular formula is C16H21N5OS. The number of anilines is 1. The molecule has 2 aromatic heterocycles. The van der Waals surface area contributed by atoms with Gasteiger partial charge in [-0.25, -0.2) is 4.98 Å². The molecule has 23 heavy (non-hydrogen) atoms. The molecule has 122 valence electrons. The second-order valence-corrected chi connectivity index (χ2v) is 7.46. The van der Waals surface area contributed by atoms with E-state index in [2.05, 4.69) is 25.8 Å². The molecule has 0 bridgehead atoms. The molecular weight excluding hydrogens is 310 g/mol. The summed E-state index contributed by atoms with van der Waals surface area (Å²) in [4.78, 5) is 18.2. The number of thiazole rings is 1. The lowest BCUT2D eigenvalue weighted by Gasteiger charge is -2.21. The normalized spacial score (nSPS) is 21.8. The van der Waals surface area contributed by atoms with E-state index in [0.29, 0.717) is 5.92 Å². The standard InChI is InChI=1S/C16H21N5OS/c22-15(11-1-2-12-8-19-21-13(12)7-11)20-16-18-9-14(23-16)10-3-5-17-6-4-10/h8-11,17H,1-7H2,(H,19,21)(H,18,20,22). The first-order valence-electron chi connectivity index (χ1n) is 8.28. The second-order valence-electron chi connectivity index (χ2n) is 6.39. The maximum atomic E-state index is 12.5. The Hall–Kier alpha value is -1.73. The van der Waals surface area contributed by atoms with Gasteiger partial charge in [-0.15, -0.1) is 11.3 Å². The van der Waals surface area contributed by atoms with E-state index in [-0.39, 0.29) is 11.8 Å². The van der Waals surface area contributed by atoms with Gasteiger partial charge in [0.1, 0.15) is 0 Å². The fourth-order valence-electron chi connectivity index (χ4n) is 3.48. The minimum absolute atomic E-state index is 0.00850. The van der Waals surface area contributed by atoms with Crippen LogP contribution in [0.15, 0.2) is 12.4 Å². The van der Waals surface area contributed by atoms with Gasteiger partial charge in [0.25, 0.3) is 0 Å². The largest absolute Gasteiger partial charge is 0.317 e. The number of H-pyrrole nitrogens is 1. The Morgan fingerprint density at radius 2 is 2.13 bits per heavy atom. The molecule has 0 saturated carbocycles. The molecule has 6 nitrogen and oxygen atoms in total. The van der Waals surface area contributed by atoms with E-state index in [1.54, 1.807) is 11.3 Å². The number of aromatic amines is 1. The van der Waals surface area contributed by atoms with Crippen LogP contribution in [0.25, 0.3) is 0 Å². The Morgan fingerprint density at radius 3 is 3.00 bits per heavy atom. The first-order valence-corrected chi connectivity index (χ1v) is 9.09. The van der Waals surface area contributed by atoms with Crippen LogP contribution in [0.4, 0.5) is 5.13 Å². The summed E-state index contributed by atoms with van der Waals surface area (Å²) in [7, 11) is 0. The van der Waals surface area contributed by atoms with Crippen LogP contribution in [0.5, 0.6) is 0 Å². The van der Waals surface area contributed by atoms with Crippen molar-refractivity contribution in [2.75, 3.05) is 18.4 Å². The quantitative estimate of drug-likeness (QED) is 0.804. The van der Waals surface area contributed by atoms with Crippen LogP contribution >= 0.6 is 11.3 Å². The molecule has 1 aliphatic heterocycles. The molecule has 3 heterocycles. The molecule has 1 unspecified atom stereocenters. The Kier molecular flexibility index (Phi) is 4.13. The number of aryl methyl sites for hydroxylation is 1. The smallest absolute Gasteiger partial charge is 0.229 e. The number of nitrogens with one attached hydrogen (secondary N) is 3. The molecule has 3 N–H and O–H groups in total. The number of carbonyl (C=O) groups excluding carboxylic acids is 1. The molecule has 0 aromatic carbocycles. The number of rotatable bonds is 3. The minimum atomic E-state index is 0.00850. The van der Waals surface area contributed by atoms with Crippen LogP contribution < -0.4 is 10.6 Å². The Morgan fingerprint density at radius 1 is 1.26 bits per heavy atom. The van der Waals surface area contributed by atoms with Crippen molar-refractivity contribution >= 4 is 22.4 Å². The van der Waals surface area contributed by atoms with Gasteiger partial charge in [-0.2, -0.15) is 5.10 Å². The van der Waals surface area contributed by atoms with Crippen molar-refractivity contribution in [3.63, 3.8) is 0 Å². The molecule has 1 aliphatic carbocycles. The number of hydrogen-bond acceptors (Lipinski definition) is 5. The topological polar surface area (TPSA) is 82.7 Å². The summed E-state index contributed by atoms with van der Waals surface area (Å²) in [5.74, 6) is 0.673. The molecule has 2 aromatic rings. The highest BCUT2D eigenvalue weighted by molar-refractivity contribution is 7.15. The SMILES string of the molecule is O=C(Nc1ncc(C2CCNCC2)s1)C1CCc2cn[nH]c2C1. The van der Waals surface area contributed by atoms with Gasteiger partial charge < -0.3 is 10.6 Å². The van der Waals surface area contributed by atoms with Gasteiger partial charge in [-0.3, -0.25) is 9.89 Å². The number of carbonyl (C=O) groups is 1. The van der Waals surface area contributed by atoms with Gasteiger partial charge in [0.15, 0.2) is 5.13 Å². The zero-order chi connectivity index (χ0) is 15.6. The summed E-state index contributed by atoms with van der Waals surface area (Å²) in [6.45, 7) is 2.14. The fourth-order valence-corrected chi connectivity index (χ4v) is 4.47. The van der Waals surface area contributed by atoms with Gasteiger partial charge in [-0.05, 0) is 50.3 Å². The number of fused-ring (bicyclic) bond motifs is 1. The molecule has 0 spiro atoms. The third kappa shape index (κ3) is 3.16. The summed E-state index contributed by atoms with van der Waals surface area (Å²) in [5.41, 5.74) is 2.35. The van der Waals surface area contributed by atoms with E-state index in [1.807, 2.05) is 12.4 Å². The van der Waals surface area contributed by atoms with E-state index < -0.39 is 0 Å². The predicted octanol–water partition coefficient (Wildman–Crippen LogP) is 2.08. The highest BCUT2D eigenvalue weighted by Gasteiger charge is 2.27. The van der Waals surface area contributed by atoms with Crippen LogP contribution in [-0.4, -0.2) is 34.2 Å². The Balaban J connectivity index is 1.38. The van der Waals surface area contributed by atoms with Gasteiger partial charge >= 0.3 is 0 Å². The molecule has 7 heteroatoms. The monoisotopic (exact) mass is 331 g/mol. The van der Waals surface area contributed by atoms with Crippen molar-refractivity contribution < 1.29 is 4.79 Å². The van der Waals surface area contributed by atoms with E-state index >= 15 is 0 Å². The molecule has 0 radical (unpaired) electrons. The predicted molar refractivity (Wildman–Crippen MR) is 89.7 cm³/mol. The van der Waals surface area contributed by atoms with Crippen LogP contribution in [-0.2, 0) is 17.6 Å². The Labute approximate surface area is 139 Å². The number of amides is 1. The summed E-state index contributed by atoms with van der Waals surface area (Å²) in [6.07, 6.45) is 8.65. The maximum absolute atomic E-state index is 12.5. The van der Waals surface area contributed by atoms with Crippen molar-refractivity contribution in [3.05, 3.63) is 28.5 Å². The van der Waals surface area contributed by atoms with Gasteiger partial charge in [0.2, 0.25) is 5.91 Å². The Bertz CT molecular complexity index is 688. The van der Waals surface area contributed by atoms with Crippen molar-refractivity contribution in [1.29, 1.82) is 0 Å². The van der Waals surface area contributed by atoms with E-state index in [9.17, 15) is 4.79 Å². The van der Waals surface area contributed by atoms with E-state index in [1.165, 1.54) is 10.4 Å². The third-order valence-corrected chi connectivity index (χ3v) is 5.96. The number of piperidine rings is 1. The minimum Gasteiger partial charge on any atom is -0.317 e. The number of nitrogens with zero attached hydrogens (tertiary/aromatic N) is 2. The van der Waals surface area contributed by atoms with E-state index in [0.717, 1.165) is 56.0 Å². The summed E-state index contributed by atoms with van der Waals surface area (Å²) >= 11 is 1.63. The molecule has 1 atom stereocenters. The van der Waals surface area contributed by atoms with Gasteiger partial charge in [0, 0.05) is 29.1 Å². The zero-order valence-corrected chi connectivity index (χ0v) is 13.8. The average molecular weight is 331 g/mol. The molecule has 1 fully saturated rings. The molecule has 4 rings (SSSR count). The second kappa shape index (κ2) is 6.41. The lowest BCUT2D eigenvalue weighted by molar-refractivity contribution is -0.120.